The molecule has 0 aliphatic carbocycles. The molecule has 0 radical (unpaired) electrons. The van der Waals surface area contributed by atoms with Gasteiger partial charge in [-0.3, -0.25) is 4.98 Å². The number of hydrogen-bond acceptors (Lipinski definition) is 3. The second-order valence-electron chi connectivity index (χ2n) is 5.19. The predicted octanol–water partition coefficient (Wildman–Crippen LogP) is 4.52. The minimum Gasteiger partial charge on any atom is -0.457 e. The zero-order valence-corrected chi connectivity index (χ0v) is 13.7. The second-order valence-corrected chi connectivity index (χ2v) is 6.04. The zero-order chi connectivity index (χ0) is 15.2. The molecule has 0 amide bonds. The molecule has 3 nitrogen and oxygen atoms in total. The highest BCUT2D eigenvalue weighted by atomic mass is 79.9. The van der Waals surface area contributed by atoms with Crippen LogP contribution in [0.5, 0.6) is 11.5 Å². The minimum atomic E-state index is -0.347. The average Bonchev–Trinajstić information content (AvgIpc) is 2.43. The van der Waals surface area contributed by atoms with Crippen molar-refractivity contribution >= 4 is 15.9 Å². The van der Waals surface area contributed by atoms with Crippen molar-refractivity contribution in [2.75, 3.05) is 6.54 Å². The number of ether oxygens (including phenoxy) is 1. The predicted molar refractivity (Wildman–Crippen MR) is 85.0 cm³/mol. The van der Waals surface area contributed by atoms with Gasteiger partial charge in [0, 0.05) is 24.9 Å². The minimum absolute atomic E-state index is 0.347. The first-order valence-electron chi connectivity index (χ1n) is 6.83. The molecule has 0 aliphatic heterocycles. The highest BCUT2D eigenvalue weighted by Gasteiger charge is 2.04. The van der Waals surface area contributed by atoms with E-state index in [1.807, 2.05) is 6.07 Å². The smallest absolute Gasteiger partial charge is 0.141 e. The maximum absolute atomic E-state index is 13.5. The fourth-order valence-electron chi connectivity index (χ4n) is 1.78. The van der Waals surface area contributed by atoms with Crippen molar-refractivity contribution in [3.05, 3.63) is 52.5 Å². The van der Waals surface area contributed by atoms with E-state index in [0.717, 1.165) is 12.2 Å². The van der Waals surface area contributed by atoms with Crippen molar-refractivity contribution < 1.29 is 9.13 Å². The Kier molecular flexibility index (Phi) is 5.70. The van der Waals surface area contributed by atoms with Crippen LogP contribution >= 0.6 is 15.9 Å². The van der Waals surface area contributed by atoms with Crippen LogP contribution in [0.15, 0.2) is 41.0 Å². The van der Waals surface area contributed by atoms with Gasteiger partial charge in [-0.25, -0.2) is 4.39 Å². The van der Waals surface area contributed by atoms with Gasteiger partial charge in [-0.05, 0) is 46.6 Å². The highest BCUT2D eigenvalue weighted by molar-refractivity contribution is 9.10. The Hall–Kier alpha value is -1.46. The van der Waals surface area contributed by atoms with Crippen molar-refractivity contribution in [3.63, 3.8) is 0 Å². The molecule has 0 aliphatic rings. The summed E-state index contributed by atoms with van der Waals surface area (Å²) in [6, 6.07) is 8.29. The van der Waals surface area contributed by atoms with Crippen LogP contribution in [0.4, 0.5) is 4.39 Å². The summed E-state index contributed by atoms with van der Waals surface area (Å²) in [5.41, 5.74) is 0.894. The van der Waals surface area contributed by atoms with Crippen molar-refractivity contribution in [1.82, 2.24) is 10.3 Å². The van der Waals surface area contributed by atoms with Crippen LogP contribution in [-0.2, 0) is 6.54 Å². The Bertz CT molecular complexity index is 605. The molecule has 1 N–H and O–H groups in total. The van der Waals surface area contributed by atoms with Gasteiger partial charge in [0.25, 0.3) is 0 Å². The summed E-state index contributed by atoms with van der Waals surface area (Å²) in [5, 5.41) is 3.32. The molecule has 0 saturated heterocycles. The van der Waals surface area contributed by atoms with Crippen LogP contribution in [0.1, 0.15) is 19.5 Å². The van der Waals surface area contributed by atoms with Crippen LogP contribution < -0.4 is 10.1 Å². The molecule has 2 rings (SSSR count). The lowest BCUT2D eigenvalue weighted by Gasteiger charge is -2.09. The number of rotatable bonds is 6. The van der Waals surface area contributed by atoms with E-state index in [1.165, 1.54) is 6.07 Å². The zero-order valence-electron chi connectivity index (χ0n) is 12.1. The molecule has 0 spiro atoms. The molecule has 1 aromatic heterocycles. The Morgan fingerprint density at radius 1 is 1.24 bits per heavy atom. The Balaban J connectivity index is 2.01. The van der Waals surface area contributed by atoms with Gasteiger partial charge in [-0.2, -0.15) is 0 Å². The number of nitrogens with zero attached hydrogens (tertiary/aromatic N) is 1. The van der Waals surface area contributed by atoms with Gasteiger partial charge in [0.05, 0.1) is 10.2 Å². The molecule has 21 heavy (non-hydrogen) atoms. The molecule has 0 saturated carbocycles. The van der Waals surface area contributed by atoms with Gasteiger partial charge < -0.3 is 10.1 Å². The summed E-state index contributed by atoms with van der Waals surface area (Å²) in [4.78, 5) is 4.29. The van der Waals surface area contributed by atoms with Gasteiger partial charge in [0.15, 0.2) is 0 Å². The number of benzene rings is 1. The Morgan fingerprint density at radius 3 is 2.71 bits per heavy atom. The first-order chi connectivity index (χ1) is 10.0. The monoisotopic (exact) mass is 352 g/mol. The third kappa shape index (κ3) is 5.10. The van der Waals surface area contributed by atoms with E-state index in [-0.39, 0.29) is 5.82 Å². The quantitative estimate of drug-likeness (QED) is 0.829. The van der Waals surface area contributed by atoms with Crippen LogP contribution in [0.25, 0.3) is 0 Å². The molecular formula is C16H18BrFN2O. The van der Waals surface area contributed by atoms with Gasteiger partial charge in [0.1, 0.15) is 17.3 Å². The van der Waals surface area contributed by atoms with Crippen molar-refractivity contribution in [2.45, 2.75) is 20.4 Å². The maximum atomic E-state index is 13.5. The molecule has 0 unspecified atom stereocenters. The van der Waals surface area contributed by atoms with Gasteiger partial charge in [0.2, 0.25) is 0 Å². The fourth-order valence-corrected chi connectivity index (χ4v) is 2.03. The SMILES string of the molecule is CC(C)CNCc1cc(Oc2ccc(Br)c(F)c2)ccn1. The average molecular weight is 353 g/mol. The van der Waals surface area contributed by atoms with Crippen LogP contribution in [0.2, 0.25) is 0 Å². The van der Waals surface area contributed by atoms with Gasteiger partial charge >= 0.3 is 0 Å². The van der Waals surface area contributed by atoms with Crippen LogP contribution in [0.3, 0.4) is 0 Å². The lowest BCUT2D eigenvalue weighted by molar-refractivity contribution is 0.473. The Morgan fingerprint density at radius 2 is 2.00 bits per heavy atom. The van der Waals surface area contributed by atoms with Gasteiger partial charge in [-0.1, -0.05) is 13.8 Å². The highest BCUT2D eigenvalue weighted by Crippen LogP contribution is 2.25. The fraction of sp³-hybridized carbons (Fsp3) is 0.312. The molecule has 5 heteroatoms. The molecule has 0 bridgehead atoms. The van der Waals surface area contributed by atoms with E-state index < -0.39 is 0 Å². The van der Waals surface area contributed by atoms with Gasteiger partial charge in [-0.15, -0.1) is 0 Å². The molecule has 1 aromatic carbocycles. The molecular weight excluding hydrogens is 335 g/mol. The van der Waals surface area contributed by atoms with Crippen LogP contribution in [-0.4, -0.2) is 11.5 Å². The summed E-state index contributed by atoms with van der Waals surface area (Å²) in [7, 11) is 0. The molecule has 2 aromatic rings. The largest absolute Gasteiger partial charge is 0.457 e. The van der Waals surface area contributed by atoms with E-state index in [0.29, 0.717) is 28.4 Å². The summed E-state index contributed by atoms with van der Waals surface area (Å²) in [6.07, 6.45) is 1.69. The summed E-state index contributed by atoms with van der Waals surface area (Å²) < 4.78 is 19.5. The summed E-state index contributed by atoms with van der Waals surface area (Å²) >= 11 is 3.12. The number of pyridine rings is 1. The van der Waals surface area contributed by atoms with Crippen LogP contribution in [0, 0.1) is 11.7 Å². The van der Waals surface area contributed by atoms with E-state index in [9.17, 15) is 4.39 Å². The van der Waals surface area contributed by atoms with E-state index in [2.05, 4.69) is 40.1 Å². The lowest BCUT2D eigenvalue weighted by atomic mass is 10.2. The number of nitrogens with one attached hydrogen (secondary N) is 1. The number of hydrogen-bond donors (Lipinski definition) is 1. The molecule has 112 valence electrons. The van der Waals surface area contributed by atoms with E-state index in [4.69, 9.17) is 4.74 Å². The lowest BCUT2D eigenvalue weighted by Crippen LogP contribution is -2.19. The second kappa shape index (κ2) is 7.52. The molecule has 1 heterocycles. The summed E-state index contributed by atoms with van der Waals surface area (Å²) in [5.74, 6) is 1.35. The topological polar surface area (TPSA) is 34.1 Å². The maximum Gasteiger partial charge on any atom is 0.141 e. The number of halogens is 2. The molecule has 0 fully saturated rings. The van der Waals surface area contributed by atoms with E-state index in [1.54, 1.807) is 24.4 Å². The van der Waals surface area contributed by atoms with Crippen molar-refractivity contribution in [2.24, 2.45) is 5.92 Å². The normalized spacial score (nSPS) is 10.9. The summed E-state index contributed by atoms with van der Waals surface area (Å²) in [6.45, 7) is 5.93. The van der Waals surface area contributed by atoms with Crippen molar-refractivity contribution in [3.8, 4) is 11.5 Å². The number of aromatic nitrogens is 1. The van der Waals surface area contributed by atoms with Crippen molar-refractivity contribution in [1.29, 1.82) is 0 Å². The third-order valence-corrected chi connectivity index (χ3v) is 3.42. The Labute approximate surface area is 132 Å². The first-order valence-corrected chi connectivity index (χ1v) is 7.62. The van der Waals surface area contributed by atoms with E-state index >= 15 is 0 Å². The first kappa shape index (κ1) is 15.9. The molecule has 0 atom stereocenters. The standard InChI is InChI=1S/C16H18BrFN2O/c1-11(2)9-19-10-12-7-14(5-6-20-12)21-13-3-4-15(17)16(18)8-13/h3-8,11,19H,9-10H2,1-2H3. The third-order valence-electron chi connectivity index (χ3n) is 2.77.